The highest BCUT2D eigenvalue weighted by molar-refractivity contribution is 5.75. The number of esters is 2. The van der Waals surface area contributed by atoms with E-state index >= 15 is 0 Å². The Morgan fingerprint density at radius 3 is 1.69 bits per heavy atom. The smallest absolute Gasteiger partial charge is 0.337 e. The summed E-state index contributed by atoms with van der Waals surface area (Å²) in [4.78, 5) is 26.1. The summed E-state index contributed by atoms with van der Waals surface area (Å²) in [6.07, 6.45) is -9.91. The average molecular weight is 811 g/mol. The predicted octanol–water partition coefficient (Wildman–Crippen LogP) is 4.49. The van der Waals surface area contributed by atoms with Crippen molar-refractivity contribution < 1.29 is 71.2 Å². The minimum Gasteiger partial charge on any atom is -0.467 e. The summed E-state index contributed by atoms with van der Waals surface area (Å²) < 4.78 is 79.1. The van der Waals surface area contributed by atoms with Gasteiger partial charge in [-0.3, -0.25) is 4.79 Å². The summed E-state index contributed by atoms with van der Waals surface area (Å²) >= 11 is 0. The molecule has 0 spiro atoms. The van der Waals surface area contributed by atoms with Gasteiger partial charge in [-0.15, -0.1) is 6.58 Å². The molecule has 2 saturated heterocycles. The van der Waals surface area contributed by atoms with Crippen LogP contribution < -0.4 is 0 Å². The molecule has 316 valence electrons. The van der Waals surface area contributed by atoms with E-state index in [9.17, 15) is 9.59 Å². The molecule has 15 nitrogen and oxygen atoms in total. The van der Waals surface area contributed by atoms with Crippen molar-refractivity contribution in [3.8, 4) is 0 Å². The zero-order chi connectivity index (χ0) is 41.1. The molecule has 10 atom stereocenters. The van der Waals surface area contributed by atoms with E-state index in [0.717, 1.165) is 16.7 Å². The van der Waals surface area contributed by atoms with Gasteiger partial charge in [0.05, 0.1) is 40.1 Å². The summed E-state index contributed by atoms with van der Waals surface area (Å²) in [5.74, 6) is -1.39. The summed E-state index contributed by atoms with van der Waals surface area (Å²) in [6.45, 7) is 5.15. The highest BCUT2D eigenvalue weighted by Gasteiger charge is 2.56. The summed E-state index contributed by atoms with van der Waals surface area (Å²) in [5.41, 5.74) is 2.72. The maximum Gasteiger partial charge on any atom is 0.337 e. The van der Waals surface area contributed by atoms with Gasteiger partial charge in [-0.25, -0.2) is 4.79 Å². The first-order valence-electron chi connectivity index (χ1n) is 18.9. The maximum atomic E-state index is 13.1. The van der Waals surface area contributed by atoms with Gasteiger partial charge in [0, 0.05) is 21.1 Å². The Kier molecular flexibility index (Phi) is 18.7. The van der Waals surface area contributed by atoms with E-state index in [0.29, 0.717) is 0 Å². The van der Waals surface area contributed by atoms with Gasteiger partial charge in [0.15, 0.2) is 24.8 Å². The lowest BCUT2D eigenvalue weighted by atomic mass is 9.96. The average Bonchev–Trinajstić information content (AvgIpc) is 3.25. The molecule has 0 aliphatic carbocycles. The van der Waals surface area contributed by atoms with Crippen molar-refractivity contribution in [1.29, 1.82) is 0 Å². The van der Waals surface area contributed by atoms with Gasteiger partial charge < -0.3 is 61.6 Å². The molecule has 58 heavy (non-hydrogen) atoms. The fourth-order valence-electron chi connectivity index (χ4n) is 6.61. The molecule has 15 heteroatoms. The van der Waals surface area contributed by atoms with Gasteiger partial charge in [-0.2, -0.15) is 0 Å². The molecule has 0 bridgehead atoms. The molecule has 2 aliphatic rings. The quantitative estimate of drug-likeness (QED) is 0.0750. The molecule has 2 heterocycles. The van der Waals surface area contributed by atoms with Crippen LogP contribution in [0.5, 0.6) is 0 Å². The van der Waals surface area contributed by atoms with Crippen LogP contribution >= 0.6 is 0 Å². The van der Waals surface area contributed by atoms with Crippen molar-refractivity contribution in [1.82, 2.24) is 0 Å². The van der Waals surface area contributed by atoms with E-state index in [4.69, 9.17) is 61.6 Å². The summed E-state index contributed by atoms with van der Waals surface area (Å²) in [5, 5.41) is 0. The minimum absolute atomic E-state index is 0.00786. The van der Waals surface area contributed by atoms with Crippen molar-refractivity contribution in [2.45, 2.75) is 88.2 Å². The Balaban J connectivity index is 1.55. The monoisotopic (exact) mass is 810 g/mol. The third-order valence-electron chi connectivity index (χ3n) is 9.21. The second-order valence-electron chi connectivity index (χ2n) is 13.4. The molecule has 5 rings (SSSR count). The molecule has 0 aromatic heterocycles. The fraction of sp³-hybridized carbons (Fsp3) is 0.488. The third-order valence-corrected chi connectivity index (χ3v) is 9.21. The number of carbonyl (C=O) groups excluding carboxylic acids is 2. The van der Waals surface area contributed by atoms with Crippen LogP contribution in [0.1, 0.15) is 23.6 Å². The molecule has 0 N–H and O–H groups in total. The van der Waals surface area contributed by atoms with Crippen LogP contribution in [0.4, 0.5) is 0 Å². The Hall–Kier alpha value is -4.10. The number of methoxy groups -OCH3 is 3. The molecule has 0 unspecified atom stereocenters. The van der Waals surface area contributed by atoms with Crippen molar-refractivity contribution in [2.24, 2.45) is 0 Å². The van der Waals surface area contributed by atoms with E-state index in [1.54, 1.807) is 0 Å². The van der Waals surface area contributed by atoms with E-state index in [1.165, 1.54) is 34.3 Å². The lowest BCUT2D eigenvalue weighted by molar-refractivity contribution is -0.378. The largest absolute Gasteiger partial charge is 0.467 e. The Morgan fingerprint density at radius 2 is 1.16 bits per heavy atom. The molecule has 0 amide bonds. The van der Waals surface area contributed by atoms with Gasteiger partial charge in [-0.1, -0.05) is 97.1 Å². The standard InChI is InChI=1S/C43H54O15/c1-6-22-50-42-39(37(54-28-47-4)36(53-27-46-3)38(57-42)41(45)48-5)58-43-40(55-29(2)44)35(52-25-32-20-14-9-15-21-32)34(51-24-31-18-12-8-13-19-31)33(56-43)26-49-23-30-16-10-7-11-17-30/h6-21,33-40,42-43H,1,22-28H2,2-5H3/t33-,34+,35+,36+,37+,38+,39-,40-,42-,43+/m1/s1. The van der Waals surface area contributed by atoms with Crippen LogP contribution in [0, 0.1) is 0 Å². The Bertz CT molecular complexity index is 1630. The second kappa shape index (κ2) is 24.1. The molecule has 2 aliphatic heterocycles. The topological polar surface area (TPSA) is 154 Å². The zero-order valence-electron chi connectivity index (χ0n) is 33.3. The van der Waals surface area contributed by atoms with Crippen LogP contribution in [-0.4, -0.2) is 121 Å². The fourth-order valence-corrected chi connectivity index (χ4v) is 6.61. The first kappa shape index (κ1) is 45.0. The van der Waals surface area contributed by atoms with E-state index < -0.39 is 73.4 Å². The van der Waals surface area contributed by atoms with Crippen LogP contribution in [0.15, 0.2) is 104 Å². The number of rotatable bonds is 23. The maximum absolute atomic E-state index is 13.1. The highest BCUT2D eigenvalue weighted by Crippen LogP contribution is 2.36. The zero-order valence-corrected chi connectivity index (χ0v) is 33.3. The first-order chi connectivity index (χ1) is 28.4. The molecule has 0 saturated carbocycles. The highest BCUT2D eigenvalue weighted by atomic mass is 16.8. The van der Waals surface area contributed by atoms with Gasteiger partial charge in [0.2, 0.25) is 0 Å². The van der Waals surface area contributed by atoms with Crippen molar-refractivity contribution >= 4 is 11.9 Å². The van der Waals surface area contributed by atoms with Crippen LogP contribution in [-0.2, 0) is 91.0 Å². The number of hydrogen-bond donors (Lipinski definition) is 0. The number of hydrogen-bond acceptors (Lipinski definition) is 15. The SMILES string of the molecule is C=CCO[C@@H]1O[C@H](C(=O)OC)[C@@H](OCOC)[C@H](OCOC)[C@H]1O[C@@H]1O[C@H](COCc2ccccc2)[C@H](OCc2ccccc2)[C@H](OCc2ccccc2)[C@H]1OC(C)=O. The molecular formula is C43H54O15. The minimum atomic E-state index is -1.37. The number of ether oxygens (including phenoxy) is 13. The Labute approximate surface area is 339 Å². The van der Waals surface area contributed by atoms with E-state index in [2.05, 4.69) is 6.58 Å². The number of carbonyl (C=O) groups is 2. The van der Waals surface area contributed by atoms with Crippen LogP contribution in [0.3, 0.4) is 0 Å². The van der Waals surface area contributed by atoms with E-state index in [-0.39, 0.29) is 46.6 Å². The van der Waals surface area contributed by atoms with Gasteiger partial charge in [0.25, 0.3) is 0 Å². The molecule has 3 aromatic rings. The van der Waals surface area contributed by atoms with Crippen LogP contribution in [0.2, 0.25) is 0 Å². The van der Waals surface area contributed by atoms with E-state index in [1.807, 2.05) is 91.0 Å². The Morgan fingerprint density at radius 1 is 0.621 bits per heavy atom. The van der Waals surface area contributed by atoms with Crippen molar-refractivity contribution in [3.63, 3.8) is 0 Å². The van der Waals surface area contributed by atoms with Gasteiger partial charge >= 0.3 is 11.9 Å². The predicted molar refractivity (Wildman–Crippen MR) is 206 cm³/mol. The van der Waals surface area contributed by atoms with Crippen molar-refractivity contribution in [3.05, 3.63) is 120 Å². The normalized spacial score (nSPS) is 27.1. The molecule has 3 aromatic carbocycles. The molecule has 2 fully saturated rings. The van der Waals surface area contributed by atoms with Gasteiger partial charge in [-0.05, 0) is 16.7 Å². The molecule has 0 radical (unpaired) electrons. The lowest BCUT2D eigenvalue weighted by Crippen LogP contribution is -2.67. The first-order valence-corrected chi connectivity index (χ1v) is 18.9. The summed E-state index contributed by atoms with van der Waals surface area (Å²) in [7, 11) is 4.09. The lowest BCUT2D eigenvalue weighted by Gasteiger charge is -2.49. The third kappa shape index (κ3) is 12.9. The number of benzene rings is 3. The van der Waals surface area contributed by atoms with Crippen LogP contribution in [0.25, 0.3) is 0 Å². The van der Waals surface area contributed by atoms with Gasteiger partial charge in [0.1, 0.15) is 50.2 Å². The second-order valence-corrected chi connectivity index (χ2v) is 13.4. The van der Waals surface area contributed by atoms with Crippen molar-refractivity contribution in [2.75, 3.05) is 48.1 Å². The molecular weight excluding hydrogens is 756 g/mol. The summed E-state index contributed by atoms with van der Waals surface area (Å²) in [6, 6.07) is 28.9.